The zero-order chi connectivity index (χ0) is 18.8. The number of fused-ring (bicyclic) bond motifs is 5. The van der Waals surface area contributed by atoms with Gasteiger partial charge >= 0.3 is 0 Å². The molecule has 5 rings (SSSR count). The molecule has 5 fully saturated rings. The van der Waals surface area contributed by atoms with Crippen LogP contribution in [-0.4, -0.2) is 24.7 Å². The molecule has 1 saturated heterocycles. The second kappa shape index (κ2) is 6.27. The van der Waals surface area contributed by atoms with Gasteiger partial charge in [-0.25, -0.2) is 0 Å². The molecule has 0 aromatic rings. The van der Waals surface area contributed by atoms with Gasteiger partial charge in [0.2, 0.25) is 0 Å². The Kier molecular flexibility index (Phi) is 4.20. The van der Waals surface area contributed by atoms with E-state index in [0.29, 0.717) is 41.2 Å². The molecule has 0 aromatic carbocycles. The van der Waals surface area contributed by atoms with E-state index in [4.69, 9.17) is 0 Å². The van der Waals surface area contributed by atoms with E-state index in [9.17, 15) is 9.59 Å². The van der Waals surface area contributed by atoms with Gasteiger partial charge in [-0.15, -0.1) is 0 Å². The molecule has 27 heavy (non-hydrogen) atoms. The number of Topliss-reactive ketones (excluding diaryl/α,β-unsaturated/α-hetero) is 2. The molecule has 4 aliphatic carbocycles. The molecule has 0 aromatic heterocycles. The minimum absolute atomic E-state index is 0.124. The number of carbonyl (C=O) groups excluding carboxylic acids is 2. The van der Waals surface area contributed by atoms with Crippen molar-refractivity contribution in [3.8, 4) is 0 Å². The minimum Gasteiger partial charge on any atom is -0.315 e. The minimum atomic E-state index is -0.124. The molecule has 0 radical (unpaired) electrons. The summed E-state index contributed by atoms with van der Waals surface area (Å²) in [7, 11) is 0. The number of ketones is 2. The summed E-state index contributed by atoms with van der Waals surface area (Å²) in [4.78, 5) is 25.8. The van der Waals surface area contributed by atoms with Crippen LogP contribution in [0.15, 0.2) is 12.2 Å². The highest BCUT2D eigenvalue weighted by Gasteiger charge is 2.62. The summed E-state index contributed by atoms with van der Waals surface area (Å²) in [6.07, 6.45) is 13.1. The highest BCUT2D eigenvalue weighted by Crippen LogP contribution is 2.65. The van der Waals surface area contributed by atoms with Crippen molar-refractivity contribution in [2.75, 3.05) is 13.1 Å². The molecule has 0 amide bonds. The van der Waals surface area contributed by atoms with E-state index in [0.717, 1.165) is 51.6 Å². The molecule has 1 aliphatic heterocycles. The average molecular weight is 370 g/mol. The maximum Gasteiger partial charge on any atom is 0.139 e. The van der Waals surface area contributed by atoms with Gasteiger partial charge in [0.1, 0.15) is 11.6 Å². The summed E-state index contributed by atoms with van der Waals surface area (Å²) >= 11 is 0. The number of nitrogens with one attached hydrogen (secondary N) is 1. The Morgan fingerprint density at radius 1 is 0.963 bits per heavy atom. The zero-order valence-corrected chi connectivity index (χ0v) is 17.0. The van der Waals surface area contributed by atoms with Crippen LogP contribution in [-0.2, 0) is 9.59 Å². The molecule has 3 nitrogen and oxygen atoms in total. The van der Waals surface area contributed by atoms with Gasteiger partial charge in [-0.3, -0.25) is 9.59 Å². The Hall–Kier alpha value is -0.960. The van der Waals surface area contributed by atoms with Gasteiger partial charge in [0, 0.05) is 43.2 Å². The van der Waals surface area contributed by atoms with Crippen molar-refractivity contribution < 1.29 is 9.59 Å². The summed E-state index contributed by atoms with van der Waals surface area (Å²) in [6, 6.07) is 0. The third-order valence-electron chi connectivity index (χ3n) is 9.68. The van der Waals surface area contributed by atoms with Crippen molar-refractivity contribution in [2.24, 2.45) is 46.3 Å². The second-order valence-electron chi connectivity index (χ2n) is 10.9. The van der Waals surface area contributed by atoms with Gasteiger partial charge in [-0.2, -0.15) is 0 Å². The van der Waals surface area contributed by atoms with Crippen LogP contribution in [0.25, 0.3) is 0 Å². The lowest BCUT2D eigenvalue weighted by molar-refractivity contribution is -0.157. The van der Waals surface area contributed by atoms with E-state index in [1.807, 2.05) is 0 Å². The van der Waals surface area contributed by atoms with Crippen LogP contribution >= 0.6 is 0 Å². The molecule has 3 heteroatoms. The molecule has 4 saturated carbocycles. The number of hydrogen-bond acceptors (Lipinski definition) is 3. The summed E-state index contributed by atoms with van der Waals surface area (Å²) in [6.45, 7) is 6.87. The van der Waals surface area contributed by atoms with Crippen molar-refractivity contribution >= 4 is 11.6 Å². The second-order valence-corrected chi connectivity index (χ2v) is 10.9. The molecule has 1 heterocycles. The van der Waals surface area contributed by atoms with Gasteiger partial charge in [0.05, 0.1) is 0 Å². The fraction of sp³-hybridized carbons (Fsp3) is 0.833. The van der Waals surface area contributed by atoms with E-state index >= 15 is 0 Å². The van der Waals surface area contributed by atoms with E-state index in [2.05, 4.69) is 31.3 Å². The normalized spacial score (nSPS) is 50.2. The topological polar surface area (TPSA) is 46.2 Å². The summed E-state index contributed by atoms with van der Waals surface area (Å²) in [5.41, 5.74) is 0.0523. The predicted octanol–water partition coefficient (Wildman–Crippen LogP) is 4.17. The Balaban J connectivity index is 1.36. The molecule has 7 atom stereocenters. The lowest BCUT2D eigenvalue weighted by Crippen LogP contribution is -2.56. The van der Waals surface area contributed by atoms with Gasteiger partial charge in [0.25, 0.3) is 0 Å². The zero-order valence-electron chi connectivity index (χ0n) is 17.0. The Morgan fingerprint density at radius 3 is 2.48 bits per heavy atom. The van der Waals surface area contributed by atoms with Gasteiger partial charge in [-0.1, -0.05) is 26.0 Å². The van der Waals surface area contributed by atoms with Gasteiger partial charge in [0.15, 0.2) is 0 Å². The van der Waals surface area contributed by atoms with Crippen molar-refractivity contribution in [2.45, 2.75) is 65.2 Å². The summed E-state index contributed by atoms with van der Waals surface area (Å²) in [5.74, 6) is 4.14. The maximum atomic E-state index is 13.3. The number of rotatable bonds is 2. The fourth-order valence-electron chi connectivity index (χ4n) is 7.78. The number of hydrogen-bond donors (Lipinski definition) is 1. The standard InChI is InChI=1S/C24H35NO2/c1-23-9-7-15(3-4-16-13-25-14-16)11-20(23)21(26)12-17-18-5-6-22(27)24(18,2)10-8-19(17)23/h3-4,15-20,25H,5-14H2,1-2H3/t15?,17-,18-,19+,20?,23+,24-/m0/s1. The van der Waals surface area contributed by atoms with E-state index < -0.39 is 0 Å². The Labute approximate surface area is 163 Å². The molecule has 2 unspecified atom stereocenters. The molecule has 148 valence electrons. The monoisotopic (exact) mass is 369 g/mol. The average Bonchev–Trinajstić information content (AvgIpc) is 2.90. The third-order valence-corrected chi connectivity index (χ3v) is 9.68. The van der Waals surface area contributed by atoms with E-state index in [1.165, 1.54) is 12.8 Å². The first kappa shape index (κ1) is 18.1. The van der Waals surface area contributed by atoms with Crippen LogP contribution in [0, 0.1) is 46.3 Å². The molecule has 0 bridgehead atoms. The van der Waals surface area contributed by atoms with E-state index in [1.54, 1.807) is 0 Å². The fourth-order valence-corrected chi connectivity index (χ4v) is 7.78. The van der Waals surface area contributed by atoms with Crippen LogP contribution in [0.1, 0.15) is 65.2 Å². The van der Waals surface area contributed by atoms with Crippen LogP contribution in [0.2, 0.25) is 0 Å². The third kappa shape index (κ3) is 2.63. The smallest absolute Gasteiger partial charge is 0.139 e. The van der Waals surface area contributed by atoms with Crippen molar-refractivity contribution in [1.29, 1.82) is 0 Å². The SMILES string of the molecule is C[C@]12CCC(C=CC3CNC3)CC1C(=O)C[C@@H]1[C@H]2CC[C@]2(C)C(=O)CC[C@@H]12. The summed E-state index contributed by atoms with van der Waals surface area (Å²) < 4.78 is 0. The van der Waals surface area contributed by atoms with Crippen molar-refractivity contribution in [3.63, 3.8) is 0 Å². The van der Waals surface area contributed by atoms with Crippen molar-refractivity contribution in [3.05, 3.63) is 12.2 Å². The first-order chi connectivity index (χ1) is 12.9. The van der Waals surface area contributed by atoms with Crippen LogP contribution in [0.3, 0.4) is 0 Å². The van der Waals surface area contributed by atoms with Crippen LogP contribution in [0.4, 0.5) is 0 Å². The highest BCUT2D eigenvalue weighted by atomic mass is 16.1. The van der Waals surface area contributed by atoms with Crippen molar-refractivity contribution in [1.82, 2.24) is 5.32 Å². The van der Waals surface area contributed by atoms with Crippen LogP contribution in [0.5, 0.6) is 0 Å². The molecular formula is C24H35NO2. The molecular weight excluding hydrogens is 334 g/mol. The molecule has 0 spiro atoms. The van der Waals surface area contributed by atoms with E-state index in [-0.39, 0.29) is 16.7 Å². The molecule has 5 aliphatic rings. The largest absolute Gasteiger partial charge is 0.315 e. The van der Waals surface area contributed by atoms with Gasteiger partial charge in [-0.05, 0) is 67.6 Å². The lowest BCUT2D eigenvalue weighted by Gasteiger charge is -2.59. The Morgan fingerprint density at radius 2 is 1.74 bits per heavy atom. The van der Waals surface area contributed by atoms with Crippen LogP contribution < -0.4 is 5.32 Å². The quantitative estimate of drug-likeness (QED) is 0.743. The number of carbonyl (C=O) groups is 2. The maximum absolute atomic E-state index is 13.3. The van der Waals surface area contributed by atoms with Gasteiger partial charge < -0.3 is 5.32 Å². The first-order valence-corrected chi connectivity index (χ1v) is 11.4. The Bertz CT molecular complexity index is 680. The lowest BCUT2D eigenvalue weighted by atomic mass is 9.44. The number of allylic oxidation sites excluding steroid dienone is 1. The first-order valence-electron chi connectivity index (χ1n) is 11.4. The summed E-state index contributed by atoms with van der Waals surface area (Å²) in [5, 5.41) is 3.33. The predicted molar refractivity (Wildman–Crippen MR) is 106 cm³/mol. The highest BCUT2D eigenvalue weighted by molar-refractivity contribution is 5.88. The molecule has 1 N–H and O–H groups in total.